The van der Waals surface area contributed by atoms with Gasteiger partial charge < -0.3 is 9.13 Å². The normalized spacial score (nSPS) is 14.0. The van der Waals surface area contributed by atoms with Crippen LogP contribution in [0.4, 0.5) is 0 Å². The van der Waals surface area contributed by atoms with Crippen molar-refractivity contribution < 1.29 is 0 Å². The van der Waals surface area contributed by atoms with Crippen molar-refractivity contribution >= 4 is 22.1 Å². The van der Waals surface area contributed by atoms with Crippen LogP contribution in [0.25, 0.3) is 22.1 Å². The summed E-state index contributed by atoms with van der Waals surface area (Å²) in [7, 11) is 0. The Labute approximate surface area is 170 Å². The Morgan fingerprint density at radius 1 is 1.10 bits per heavy atom. The quantitative estimate of drug-likeness (QED) is 0.466. The van der Waals surface area contributed by atoms with Crippen molar-refractivity contribution in [3.63, 3.8) is 0 Å². The van der Waals surface area contributed by atoms with E-state index in [2.05, 4.69) is 65.4 Å². The lowest BCUT2D eigenvalue weighted by Crippen LogP contribution is -2.06. The number of hydrogen-bond acceptors (Lipinski definition) is 3. The maximum absolute atomic E-state index is 9.33. The van der Waals surface area contributed by atoms with E-state index in [-0.39, 0.29) is 0 Å². The van der Waals surface area contributed by atoms with Gasteiger partial charge in [0.2, 0.25) is 0 Å². The summed E-state index contributed by atoms with van der Waals surface area (Å²) in [6, 6.07) is 15.2. The van der Waals surface area contributed by atoms with E-state index in [1.54, 1.807) is 0 Å². The molecule has 0 radical (unpaired) electrons. The number of rotatable bonds is 6. The first kappa shape index (κ1) is 17.9. The first-order valence-corrected chi connectivity index (χ1v) is 10.5. The van der Waals surface area contributed by atoms with Crippen LogP contribution in [0.5, 0.6) is 0 Å². The molecular formula is C24H25N5. The number of benzene rings is 2. The largest absolute Gasteiger partial charge is 0.323 e. The van der Waals surface area contributed by atoms with Crippen LogP contribution in [0.3, 0.4) is 0 Å². The third-order valence-corrected chi connectivity index (χ3v) is 5.89. The number of nitrogens with zero attached hydrogens (tertiary/aromatic N) is 5. The van der Waals surface area contributed by atoms with Crippen molar-refractivity contribution in [2.75, 3.05) is 0 Å². The van der Waals surface area contributed by atoms with Crippen LogP contribution < -0.4 is 0 Å². The van der Waals surface area contributed by atoms with Gasteiger partial charge in [0.25, 0.3) is 0 Å². The molecule has 1 fully saturated rings. The highest BCUT2D eigenvalue weighted by Gasteiger charge is 2.29. The lowest BCUT2D eigenvalue weighted by atomic mass is 10.1. The number of imidazole rings is 2. The van der Waals surface area contributed by atoms with Gasteiger partial charge in [0.1, 0.15) is 18.2 Å². The van der Waals surface area contributed by atoms with E-state index in [4.69, 9.17) is 9.97 Å². The van der Waals surface area contributed by atoms with E-state index in [1.165, 1.54) is 29.5 Å². The van der Waals surface area contributed by atoms with Crippen molar-refractivity contribution in [2.24, 2.45) is 0 Å². The second-order valence-electron chi connectivity index (χ2n) is 8.12. The Bertz CT molecular complexity index is 1250. The third kappa shape index (κ3) is 3.09. The molecule has 0 N–H and O–H groups in total. The molecule has 5 nitrogen and oxygen atoms in total. The van der Waals surface area contributed by atoms with Gasteiger partial charge in [-0.15, -0.1) is 0 Å². The average Bonchev–Trinajstić information content (AvgIpc) is 3.42. The molecule has 5 heteroatoms. The minimum absolute atomic E-state index is 0.361. The molecule has 4 aromatic rings. The molecule has 0 amide bonds. The summed E-state index contributed by atoms with van der Waals surface area (Å²) in [5.74, 6) is 2.74. The summed E-state index contributed by atoms with van der Waals surface area (Å²) in [6.45, 7) is 5.46. The maximum Gasteiger partial charge on any atom is 0.113 e. The van der Waals surface area contributed by atoms with Crippen molar-refractivity contribution in [1.29, 1.82) is 5.26 Å². The molecular weight excluding hydrogens is 358 g/mol. The smallest absolute Gasteiger partial charge is 0.113 e. The molecule has 0 bridgehead atoms. The van der Waals surface area contributed by atoms with E-state index in [1.807, 2.05) is 0 Å². The van der Waals surface area contributed by atoms with E-state index < -0.39 is 0 Å². The molecule has 0 atom stereocenters. The van der Waals surface area contributed by atoms with E-state index in [0.717, 1.165) is 47.6 Å². The van der Waals surface area contributed by atoms with E-state index >= 15 is 0 Å². The van der Waals surface area contributed by atoms with Gasteiger partial charge in [-0.2, -0.15) is 5.26 Å². The Morgan fingerprint density at radius 2 is 1.97 bits per heavy atom. The lowest BCUT2D eigenvalue weighted by molar-refractivity contribution is 0.721. The molecule has 1 saturated carbocycles. The molecule has 5 rings (SSSR count). The SMILES string of the molecule is CCCc1nc2c(C)cccc2n1Cc1ccc2nc(C3CC3)n(CC#N)c2c1. The molecule has 2 heterocycles. The lowest BCUT2D eigenvalue weighted by Gasteiger charge is -2.10. The third-order valence-electron chi connectivity index (χ3n) is 5.89. The molecule has 0 aliphatic heterocycles. The maximum atomic E-state index is 9.33. The van der Waals surface area contributed by atoms with Crippen LogP contribution in [0, 0.1) is 18.3 Å². The molecule has 1 aliphatic rings. The highest BCUT2D eigenvalue weighted by atomic mass is 15.1. The van der Waals surface area contributed by atoms with E-state index in [9.17, 15) is 5.26 Å². The van der Waals surface area contributed by atoms with Gasteiger partial charge in [0.15, 0.2) is 0 Å². The van der Waals surface area contributed by atoms with Crippen LogP contribution in [0.15, 0.2) is 36.4 Å². The summed E-state index contributed by atoms with van der Waals surface area (Å²) in [6.07, 6.45) is 4.40. The van der Waals surface area contributed by atoms with Gasteiger partial charge in [0.05, 0.1) is 28.1 Å². The minimum Gasteiger partial charge on any atom is -0.323 e. The number of hydrogen-bond donors (Lipinski definition) is 0. The van der Waals surface area contributed by atoms with E-state index in [0.29, 0.717) is 12.5 Å². The van der Waals surface area contributed by atoms with Crippen molar-refractivity contribution in [1.82, 2.24) is 19.1 Å². The molecule has 2 aromatic carbocycles. The fraction of sp³-hybridized carbons (Fsp3) is 0.375. The Kier molecular flexibility index (Phi) is 4.35. The zero-order chi connectivity index (χ0) is 20.0. The van der Waals surface area contributed by atoms with Crippen molar-refractivity contribution in [2.45, 2.75) is 58.5 Å². The topological polar surface area (TPSA) is 59.4 Å². The first-order valence-electron chi connectivity index (χ1n) is 10.5. The van der Waals surface area contributed by atoms with Crippen molar-refractivity contribution in [3.05, 3.63) is 59.2 Å². The number of nitriles is 1. The van der Waals surface area contributed by atoms with Gasteiger partial charge >= 0.3 is 0 Å². The summed E-state index contributed by atoms with van der Waals surface area (Å²) in [4.78, 5) is 9.78. The zero-order valence-corrected chi connectivity index (χ0v) is 17.0. The molecule has 1 aliphatic carbocycles. The fourth-order valence-electron chi connectivity index (χ4n) is 4.28. The highest BCUT2D eigenvalue weighted by molar-refractivity contribution is 5.80. The molecule has 146 valence electrons. The zero-order valence-electron chi connectivity index (χ0n) is 17.0. The van der Waals surface area contributed by atoms with Gasteiger partial charge in [-0.25, -0.2) is 9.97 Å². The number of aryl methyl sites for hydroxylation is 2. The summed E-state index contributed by atoms with van der Waals surface area (Å²) < 4.78 is 4.46. The second-order valence-corrected chi connectivity index (χ2v) is 8.12. The number of para-hydroxylation sites is 1. The van der Waals surface area contributed by atoms with Crippen LogP contribution in [-0.2, 0) is 19.5 Å². The minimum atomic E-state index is 0.361. The van der Waals surface area contributed by atoms with Crippen LogP contribution in [-0.4, -0.2) is 19.1 Å². The Balaban J connectivity index is 1.60. The Hall–Kier alpha value is -3.13. The van der Waals surface area contributed by atoms with Gasteiger partial charge in [-0.3, -0.25) is 0 Å². The van der Waals surface area contributed by atoms with Gasteiger partial charge in [-0.05, 0) is 55.5 Å². The molecule has 0 unspecified atom stereocenters. The predicted molar refractivity (Wildman–Crippen MR) is 115 cm³/mol. The monoisotopic (exact) mass is 383 g/mol. The summed E-state index contributed by atoms with van der Waals surface area (Å²) >= 11 is 0. The molecule has 2 aromatic heterocycles. The van der Waals surface area contributed by atoms with Gasteiger partial charge in [-0.1, -0.05) is 25.1 Å². The van der Waals surface area contributed by atoms with Crippen molar-refractivity contribution in [3.8, 4) is 6.07 Å². The summed E-state index contributed by atoms with van der Waals surface area (Å²) in [5.41, 5.74) is 6.79. The highest BCUT2D eigenvalue weighted by Crippen LogP contribution is 2.40. The number of fused-ring (bicyclic) bond motifs is 2. The molecule has 0 saturated heterocycles. The standard InChI is InChI=1S/C24H25N5/c1-3-5-22-27-23-16(2)6-4-7-20(23)29(22)15-17-8-11-19-21(14-17)28(13-12-25)24(26-19)18-9-10-18/h4,6-8,11,14,18H,3,5,9-10,13,15H2,1-2H3. The van der Waals surface area contributed by atoms with Crippen LogP contribution >= 0.6 is 0 Å². The number of aromatic nitrogens is 4. The molecule has 29 heavy (non-hydrogen) atoms. The van der Waals surface area contributed by atoms with Gasteiger partial charge in [0, 0.05) is 18.9 Å². The van der Waals surface area contributed by atoms with Crippen LogP contribution in [0.2, 0.25) is 0 Å². The average molecular weight is 383 g/mol. The first-order chi connectivity index (χ1) is 14.2. The fourth-order valence-corrected chi connectivity index (χ4v) is 4.28. The summed E-state index contributed by atoms with van der Waals surface area (Å²) in [5, 5.41) is 9.33. The second kappa shape index (κ2) is 7.04. The predicted octanol–water partition coefficient (Wildman–Crippen LogP) is 5.10. The molecule has 0 spiro atoms. The Morgan fingerprint density at radius 3 is 2.72 bits per heavy atom. The van der Waals surface area contributed by atoms with Crippen LogP contribution in [0.1, 0.15) is 54.9 Å².